The highest BCUT2D eigenvalue weighted by atomic mass is 16.5. The van der Waals surface area contributed by atoms with Gasteiger partial charge in [0.05, 0.1) is 20.8 Å². The van der Waals surface area contributed by atoms with Crippen molar-refractivity contribution in [3.63, 3.8) is 0 Å². The van der Waals surface area contributed by atoms with Gasteiger partial charge in [-0.15, -0.1) is 0 Å². The standard InChI is InChI=1S/C21H26N2O3/c1-15-5-4-6-16(9-15)12-22-21(24)14-23-8-7-17-10-19(25-2)20(26-3)11-18(17)13-23/h4-6,9-11H,7-8,12-14H2,1-3H3,(H,22,24). The van der Waals surface area contributed by atoms with Crippen LogP contribution in [0.1, 0.15) is 22.3 Å². The first-order valence-corrected chi connectivity index (χ1v) is 8.87. The Morgan fingerprint density at radius 3 is 2.54 bits per heavy atom. The molecule has 0 radical (unpaired) electrons. The SMILES string of the molecule is COc1cc2c(cc1OC)CN(CC(=O)NCc1cccc(C)c1)CC2. The average Bonchev–Trinajstić information content (AvgIpc) is 2.65. The number of amides is 1. The molecular formula is C21H26N2O3. The Morgan fingerprint density at radius 1 is 1.12 bits per heavy atom. The Morgan fingerprint density at radius 2 is 1.85 bits per heavy atom. The van der Waals surface area contributed by atoms with E-state index in [0.717, 1.165) is 36.6 Å². The van der Waals surface area contributed by atoms with Crippen LogP contribution in [0.3, 0.4) is 0 Å². The topological polar surface area (TPSA) is 50.8 Å². The molecule has 1 amide bonds. The summed E-state index contributed by atoms with van der Waals surface area (Å²) in [7, 11) is 3.29. The first kappa shape index (κ1) is 18.3. The summed E-state index contributed by atoms with van der Waals surface area (Å²) in [6.45, 7) is 4.63. The van der Waals surface area contributed by atoms with E-state index in [1.54, 1.807) is 14.2 Å². The predicted molar refractivity (Wildman–Crippen MR) is 102 cm³/mol. The van der Waals surface area contributed by atoms with Crippen molar-refractivity contribution >= 4 is 5.91 Å². The van der Waals surface area contributed by atoms with Crippen LogP contribution >= 0.6 is 0 Å². The van der Waals surface area contributed by atoms with E-state index in [1.165, 1.54) is 16.7 Å². The Labute approximate surface area is 154 Å². The minimum absolute atomic E-state index is 0.0513. The Hall–Kier alpha value is -2.53. The third kappa shape index (κ3) is 4.35. The molecule has 1 aliphatic heterocycles. The molecule has 2 aromatic rings. The quantitative estimate of drug-likeness (QED) is 0.867. The molecular weight excluding hydrogens is 328 g/mol. The van der Waals surface area contributed by atoms with Crippen molar-refractivity contribution in [3.8, 4) is 11.5 Å². The van der Waals surface area contributed by atoms with Gasteiger partial charge in [0.2, 0.25) is 5.91 Å². The van der Waals surface area contributed by atoms with E-state index in [2.05, 4.69) is 29.3 Å². The van der Waals surface area contributed by atoms with Crippen LogP contribution in [0.4, 0.5) is 0 Å². The van der Waals surface area contributed by atoms with Crippen molar-refractivity contribution in [2.45, 2.75) is 26.4 Å². The summed E-state index contributed by atoms with van der Waals surface area (Å²) < 4.78 is 10.8. The fourth-order valence-corrected chi connectivity index (χ4v) is 3.36. The fourth-order valence-electron chi connectivity index (χ4n) is 3.36. The molecule has 1 N–H and O–H groups in total. The van der Waals surface area contributed by atoms with Gasteiger partial charge >= 0.3 is 0 Å². The number of benzene rings is 2. The minimum atomic E-state index is 0.0513. The van der Waals surface area contributed by atoms with Crippen molar-refractivity contribution in [2.75, 3.05) is 27.3 Å². The van der Waals surface area contributed by atoms with Crippen LogP contribution in [0.2, 0.25) is 0 Å². The molecule has 0 aliphatic carbocycles. The molecule has 138 valence electrons. The molecule has 0 saturated carbocycles. The first-order chi connectivity index (χ1) is 12.6. The van der Waals surface area contributed by atoms with E-state index in [-0.39, 0.29) is 5.91 Å². The van der Waals surface area contributed by atoms with Crippen molar-refractivity contribution < 1.29 is 14.3 Å². The maximum atomic E-state index is 12.3. The normalized spacial score (nSPS) is 13.8. The number of hydrogen-bond acceptors (Lipinski definition) is 4. The maximum Gasteiger partial charge on any atom is 0.234 e. The number of ether oxygens (including phenoxy) is 2. The van der Waals surface area contributed by atoms with Gasteiger partial charge in [-0.2, -0.15) is 0 Å². The van der Waals surface area contributed by atoms with Crippen LogP contribution in [0, 0.1) is 6.92 Å². The van der Waals surface area contributed by atoms with E-state index < -0.39 is 0 Å². The summed E-state index contributed by atoms with van der Waals surface area (Å²) in [4.78, 5) is 14.5. The molecule has 0 unspecified atom stereocenters. The molecule has 3 rings (SSSR count). The summed E-state index contributed by atoms with van der Waals surface area (Å²) in [5, 5.41) is 3.01. The highest BCUT2D eigenvalue weighted by Gasteiger charge is 2.21. The Balaban J connectivity index is 1.57. The van der Waals surface area contributed by atoms with Gasteiger partial charge in [-0.05, 0) is 42.2 Å². The van der Waals surface area contributed by atoms with Crippen molar-refractivity contribution in [2.24, 2.45) is 0 Å². The summed E-state index contributed by atoms with van der Waals surface area (Å²) in [6.07, 6.45) is 0.904. The smallest absolute Gasteiger partial charge is 0.234 e. The molecule has 1 aliphatic rings. The number of nitrogens with zero attached hydrogens (tertiary/aromatic N) is 1. The lowest BCUT2D eigenvalue weighted by Crippen LogP contribution is -2.39. The maximum absolute atomic E-state index is 12.3. The molecule has 0 saturated heterocycles. The number of carbonyl (C=O) groups excluding carboxylic acids is 1. The molecule has 2 aromatic carbocycles. The molecule has 26 heavy (non-hydrogen) atoms. The van der Waals surface area contributed by atoms with Crippen LogP contribution < -0.4 is 14.8 Å². The van der Waals surface area contributed by atoms with Crippen LogP contribution in [0.15, 0.2) is 36.4 Å². The van der Waals surface area contributed by atoms with E-state index in [0.29, 0.717) is 13.1 Å². The van der Waals surface area contributed by atoms with Gasteiger partial charge in [0.1, 0.15) is 0 Å². The molecule has 0 atom stereocenters. The van der Waals surface area contributed by atoms with Gasteiger partial charge in [0.15, 0.2) is 11.5 Å². The number of methoxy groups -OCH3 is 2. The van der Waals surface area contributed by atoms with E-state index in [4.69, 9.17) is 9.47 Å². The summed E-state index contributed by atoms with van der Waals surface area (Å²) in [5.41, 5.74) is 4.78. The van der Waals surface area contributed by atoms with Gasteiger partial charge in [0.25, 0.3) is 0 Å². The van der Waals surface area contributed by atoms with Crippen molar-refractivity contribution in [1.29, 1.82) is 0 Å². The number of aryl methyl sites for hydroxylation is 1. The molecule has 0 fully saturated rings. The zero-order chi connectivity index (χ0) is 18.5. The highest BCUT2D eigenvalue weighted by Crippen LogP contribution is 2.33. The number of carbonyl (C=O) groups is 1. The number of fused-ring (bicyclic) bond motifs is 1. The lowest BCUT2D eigenvalue weighted by Gasteiger charge is -2.29. The Bertz CT molecular complexity index is 789. The monoisotopic (exact) mass is 354 g/mol. The van der Waals surface area contributed by atoms with Gasteiger partial charge < -0.3 is 14.8 Å². The zero-order valence-electron chi connectivity index (χ0n) is 15.7. The Kier molecular flexibility index (Phi) is 5.78. The van der Waals surface area contributed by atoms with Gasteiger partial charge in [-0.3, -0.25) is 9.69 Å². The van der Waals surface area contributed by atoms with E-state index >= 15 is 0 Å². The summed E-state index contributed by atoms with van der Waals surface area (Å²) in [6, 6.07) is 12.3. The molecule has 0 spiro atoms. The van der Waals surface area contributed by atoms with Crippen molar-refractivity contribution in [3.05, 3.63) is 58.7 Å². The highest BCUT2D eigenvalue weighted by molar-refractivity contribution is 5.78. The predicted octanol–water partition coefficient (Wildman–Crippen LogP) is 2.69. The zero-order valence-corrected chi connectivity index (χ0v) is 15.7. The number of hydrogen-bond donors (Lipinski definition) is 1. The van der Waals surface area contributed by atoms with Crippen LogP contribution in [0.5, 0.6) is 11.5 Å². The third-order valence-corrected chi connectivity index (χ3v) is 4.74. The number of nitrogens with one attached hydrogen (secondary N) is 1. The minimum Gasteiger partial charge on any atom is -0.493 e. The second kappa shape index (κ2) is 8.23. The molecule has 1 heterocycles. The molecule has 0 bridgehead atoms. The number of rotatable bonds is 6. The van der Waals surface area contributed by atoms with E-state index in [1.807, 2.05) is 24.3 Å². The first-order valence-electron chi connectivity index (χ1n) is 8.87. The summed E-state index contributed by atoms with van der Waals surface area (Å²) in [5.74, 6) is 1.54. The summed E-state index contributed by atoms with van der Waals surface area (Å²) >= 11 is 0. The average molecular weight is 354 g/mol. The van der Waals surface area contributed by atoms with Crippen LogP contribution in [-0.4, -0.2) is 38.1 Å². The molecule has 5 nitrogen and oxygen atoms in total. The van der Waals surface area contributed by atoms with Gasteiger partial charge in [-0.25, -0.2) is 0 Å². The van der Waals surface area contributed by atoms with Gasteiger partial charge in [0, 0.05) is 19.6 Å². The lowest BCUT2D eigenvalue weighted by molar-refractivity contribution is -0.122. The van der Waals surface area contributed by atoms with E-state index in [9.17, 15) is 4.79 Å². The molecule has 0 aromatic heterocycles. The van der Waals surface area contributed by atoms with Crippen LogP contribution in [0.25, 0.3) is 0 Å². The second-order valence-electron chi connectivity index (χ2n) is 6.70. The van der Waals surface area contributed by atoms with Crippen molar-refractivity contribution in [1.82, 2.24) is 10.2 Å². The lowest BCUT2D eigenvalue weighted by atomic mass is 9.99. The van der Waals surface area contributed by atoms with Gasteiger partial charge in [-0.1, -0.05) is 29.8 Å². The third-order valence-electron chi connectivity index (χ3n) is 4.74. The second-order valence-corrected chi connectivity index (χ2v) is 6.70. The molecule has 5 heteroatoms. The fraction of sp³-hybridized carbons (Fsp3) is 0.381. The van der Waals surface area contributed by atoms with Crippen LogP contribution in [-0.2, 0) is 24.3 Å². The largest absolute Gasteiger partial charge is 0.493 e.